The van der Waals surface area contributed by atoms with Crippen molar-refractivity contribution < 1.29 is 35.6 Å². The largest absolute Gasteiger partial charge is 0.416 e. The van der Waals surface area contributed by atoms with Crippen LogP contribution in [0.4, 0.5) is 23.2 Å². The van der Waals surface area contributed by atoms with Gasteiger partial charge in [0.05, 0.1) is 17.5 Å². The molecule has 0 saturated carbocycles. The number of nitrogens with one attached hydrogen (secondary N) is 1. The van der Waals surface area contributed by atoms with Gasteiger partial charge in [0, 0.05) is 18.7 Å². The van der Waals surface area contributed by atoms with Crippen molar-refractivity contribution in [2.24, 2.45) is 0 Å². The maximum absolute atomic E-state index is 14.3. The van der Waals surface area contributed by atoms with Crippen LogP contribution in [-0.2, 0) is 32.3 Å². The molecular formula is C24H29F4N3O4S. The van der Waals surface area contributed by atoms with Gasteiger partial charge in [0.2, 0.25) is 21.8 Å². The fraction of sp³-hybridized carbons (Fsp3) is 0.417. The molecule has 0 saturated heterocycles. The second-order valence-corrected chi connectivity index (χ2v) is 10.2. The highest BCUT2D eigenvalue weighted by molar-refractivity contribution is 7.92. The Morgan fingerprint density at radius 2 is 1.75 bits per heavy atom. The summed E-state index contributed by atoms with van der Waals surface area (Å²) in [5, 5.41) is 2.67. The quantitative estimate of drug-likeness (QED) is 0.352. The number of alkyl halides is 3. The number of sulfonamides is 1. The molecule has 1 unspecified atom stereocenters. The molecule has 7 nitrogen and oxygen atoms in total. The third-order valence-electron chi connectivity index (χ3n) is 5.44. The van der Waals surface area contributed by atoms with Crippen molar-refractivity contribution in [1.82, 2.24) is 10.2 Å². The molecule has 0 radical (unpaired) electrons. The summed E-state index contributed by atoms with van der Waals surface area (Å²) >= 11 is 0. The van der Waals surface area contributed by atoms with Gasteiger partial charge in [0.15, 0.2) is 0 Å². The van der Waals surface area contributed by atoms with Gasteiger partial charge in [-0.1, -0.05) is 37.6 Å². The maximum atomic E-state index is 14.3. The number of amides is 2. The number of unbranched alkanes of at least 4 members (excludes halogenated alkanes) is 1. The number of carbonyl (C=O) groups excluding carboxylic acids is 2. The van der Waals surface area contributed by atoms with E-state index < -0.39 is 52.0 Å². The zero-order valence-corrected chi connectivity index (χ0v) is 21.0. The molecule has 2 aromatic rings. The molecule has 1 N–H and O–H groups in total. The number of rotatable bonds is 11. The summed E-state index contributed by atoms with van der Waals surface area (Å²) in [5.74, 6) is -2.05. The first-order valence-electron chi connectivity index (χ1n) is 11.2. The van der Waals surface area contributed by atoms with E-state index in [2.05, 4.69) is 5.32 Å². The predicted octanol–water partition coefficient (Wildman–Crippen LogP) is 3.94. The van der Waals surface area contributed by atoms with Crippen LogP contribution in [0.25, 0.3) is 0 Å². The fourth-order valence-corrected chi connectivity index (χ4v) is 4.22. The van der Waals surface area contributed by atoms with E-state index in [1.165, 1.54) is 25.1 Å². The maximum Gasteiger partial charge on any atom is 0.416 e. The lowest BCUT2D eigenvalue weighted by Gasteiger charge is -2.31. The van der Waals surface area contributed by atoms with E-state index in [0.29, 0.717) is 23.3 Å². The minimum atomic E-state index is -4.73. The van der Waals surface area contributed by atoms with Gasteiger partial charge in [0.25, 0.3) is 0 Å². The number of halogens is 4. The highest BCUT2D eigenvalue weighted by Crippen LogP contribution is 2.32. The average molecular weight is 532 g/mol. The number of benzene rings is 2. The molecule has 2 rings (SSSR count). The topological polar surface area (TPSA) is 86.8 Å². The molecule has 0 spiro atoms. The van der Waals surface area contributed by atoms with Crippen molar-refractivity contribution in [3.05, 3.63) is 65.5 Å². The molecule has 0 aliphatic heterocycles. The van der Waals surface area contributed by atoms with Crippen LogP contribution in [0.5, 0.6) is 0 Å². The van der Waals surface area contributed by atoms with E-state index in [1.807, 2.05) is 6.92 Å². The van der Waals surface area contributed by atoms with Gasteiger partial charge in [-0.15, -0.1) is 0 Å². The number of carbonyl (C=O) groups is 2. The Morgan fingerprint density at radius 3 is 2.33 bits per heavy atom. The second kappa shape index (κ2) is 12.2. The van der Waals surface area contributed by atoms with Gasteiger partial charge >= 0.3 is 6.18 Å². The summed E-state index contributed by atoms with van der Waals surface area (Å²) in [5.41, 5.74) is -1.37. The van der Waals surface area contributed by atoms with Crippen LogP contribution >= 0.6 is 0 Å². The van der Waals surface area contributed by atoms with Crippen molar-refractivity contribution in [2.45, 2.75) is 45.5 Å². The Balaban J connectivity index is 2.42. The Hall–Kier alpha value is -3.15. The van der Waals surface area contributed by atoms with E-state index >= 15 is 0 Å². The van der Waals surface area contributed by atoms with E-state index in [0.717, 1.165) is 35.8 Å². The number of hydrogen-bond acceptors (Lipinski definition) is 4. The summed E-state index contributed by atoms with van der Waals surface area (Å²) in [6.45, 7) is 2.45. The van der Waals surface area contributed by atoms with Gasteiger partial charge < -0.3 is 10.2 Å². The average Bonchev–Trinajstić information content (AvgIpc) is 2.80. The van der Waals surface area contributed by atoms with Crippen molar-refractivity contribution in [3.8, 4) is 0 Å². The van der Waals surface area contributed by atoms with Crippen molar-refractivity contribution in [1.29, 1.82) is 0 Å². The molecule has 12 heteroatoms. The van der Waals surface area contributed by atoms with E-state index in [1.54, 1.807) is 6.07 Å². The first kappa shape index (κ1) is 29.1. The number of nitrogens with zero attached hydrogens (tertiary/aromatic N) is 2. The van der Waals surface area contributed by atoms with Gasteiger partial charge in [-0.2, -0.15) is 13.2 Å². The SMILES string of the molecule is CCCCNC(=O)C(C)N(Cc1ccccc1F)C(=O)CN(c1cccc(C(F)(F)F)c1)S(C)(=O)=O. The normalized spacial score (nSPS) is 12.6. The highest BCUT2D eigenvalue weighted by atomic mass is 32.2. The molecule has 2 amide bonds. The number of hydrogen-bond donors (Lipinski definition) is 1. The molecule has 36 heavy (non-hydrogen) atoms. The molecule has 0 aliphatic rings. The summed E-state index contributed by atoms with van der Waals surface area (Å²) in [6, 6.07) is 8.02. The van der Waals surface area contributed by atoms with Crippen molar-refractivity contribution >= 4 is 27.5 Å². The zero-order chi connectivity index (χ0) is 27.1. The summed E-state index contributed by atoms with van der Waals surface area (Å²) in [7, 11) is -4.21. The molecule has 0 fully saturated rings. The third kappa shape index (κ3) is 7.94. The van der Waals surface area contributed by atoms with Gasteiger partial charge in [-0.3, -0.25) is 13.9 Å². The molecule has 198 valence electrons. The second-order valence-electron chi connectivity index (χ2n) is 8.25. The number of anilines is 1. The van der Waals surface area contributed by atoms with Gasteiger partial charge in [0.1, 0.15) is 18.4 Å². The third-order valence-corrected chi connectivity index (χ3v) is 6.58. The monoisotopic (exact) mass is 531 g/mol. The van der Waals surface area contributed by atoms with Gasteiger partial charge in [-0.05, 0) is 37.6 Å². The molecule has 2 aromatic carbocycles. The van der Waals surface area contributed by atoms with E-state index in [9.17, 15) is 35.6 Å². The molecule has 0 aromatic heterocycles. The predicted molar refractivity (Wildman–Crippen MR) is 128 cm³/mol. The van der Waals surface area contributed by atoms with Gasteiger partial charge in [-0.25, -0.2) is 12.8 Å². The Labute approximate surface area is 208 Å². The minimum absolute atomic E-state index is 0.0871. The molecule has 1 atom stereocenters. The first-order chi connectivity index (χ1) is 16.8. The summed E-state index contributed by atoms with van der Waals surface area (Å²) < 4.78 is 79.4. The zero-order valence-electron chi connectivity index (χ0n) is 20.2. The van der Waals surface area contributed by atoms with Crippen LogP contribution in [-0.4, -0.2) is 50.5 Å². The van der Waals surface area contributed by atoms with Crippen LogP contribution in [0, 0.1) is 5.82 Å². The molecule has 0 aliphatic carbocycles. The lowest BCUT2D eigenvalue weighted by atomic mass is 10.1. The Kier molecular flexibility index (Phi) is 9.85. The smallest absolute Gasteiger partial charge is 0.354 e. The van der Waals surface area contributed by atoms with Crippen LogP contribution < -0.4 is 9.62 Å². The van der Waals surface area contributed by atoms with E-state index in [4.69, 9.17) is 0 Å². The fourth-order valence-electron chi connectivity index (χ4n) is 3.38. The minimum Gasteiger partial charge on any atom is -0.354 e. The van der Waals surface area contributed by atoms with Crippen molar-refractivity contribution in [2.75, 3.05) is 23.7 Å². The first-order valence-corrected chi connectivity index (χ1v) is 13.1. The van der Waals surface area contributed by atoms with Crippen LogP contribution in [0.2, 0.25) is 0 Å². The standard InChI is InChI=1S/C24H29F4N3O4S/c1-4-5-13-29-23(33)17(2)30(15-18-9-6-7-12-21(18)25)22(32)16-31(36(3,34)35)20-11-8-10-19(14-20)24(26,27)28/h6-12,14,17H,4-5,13,15-16H2,1-3H3,(H,29,33). The lowest BCUT2D eigenvalue weighted by Crippen LogP contribution is -2.51. The Bertz CT molecular complexity index is 1170. The van der Waals surface area contributed by atoms with Crippen molar-refractivity contribution in [3.63, 3.8) is 0 Å². The lowest BCUT2D eigenvalue weighted by molar-refractivity contribution is -0.139. The van der Waals surface area contributed by atoms with Crippen LogP contribution in [0.15, 0.2) is 48.5 Å². The Morgan fingerprint density at radius 1 is 1.08 bits per heavy atom. The molecule has 0 heterocycles. The molecule has 0 bridgehead atoms. The molecular weight excluding hydrogens is 502 g/mol. The highest BCUT2D eigenvalue weighted by Gasteiger charge is 2.33. The van der Waals surface area contributed by atoms with Crippen LogP contribution in [0.3, 0.4) is 0 Å². The van der Waals surface area contributed by atoms with E-state index in [-0.39, 0.29) is 17.8 Å². The summed E-state index contributed by atoms with van der Waals surface area (Å²) in [4.78, 5) is 27.0. The van der Waals surface area contributed by atoms with Crippen LogP contribution in [0.1, 0.15) is 37.8 Å². The summed E-state index contributed by atoms with van der Waals surface area (Å²) in [6.07, 6.45) is -2.47.